The van der Waals surface area contributed by atoms with Gasteiger partial charge in [-0.1, -0.05) is 31.2 Å². The van der Waals surface area contributed by atoms with Gasteiger partial charge in [0, 0.05) is 6.54 Å². The third-order valence-electron chi connectivity index (χ3n) is 4.40. The second kappa shape index (κ2) is 8.67. The van der Waals surface area contributed by atoms with Gasteiger partial charge in [-0.3, -0.25) is 4.79 Å². The van der Waals surface area contributed by atoms with E-state index in [4.69, 9.17) is 10.5 Å². The molecule has 2 rings (SSSR count). The zero-order valence-electron chi connectivity index (χ0n) is 14.3. The van der Waals surface area contributed by atoms with Crippen LogP contribution in [-0.4, -0.2) is 24.7 Å². The Morgan fingerprint density at radius 2 is 1.74 bits per heavy atom. The molecule has 0 radical (unpaired) electrons. The topological polar surface area (TPSA) is 64.4 Å². The lowest BCUT2D eigenvalue weighted by molar-refractivity contribution is -0.144. The van der Waals surface area contributed by atoms with Gasteiger partial charge < -0.3 is 15.8 Å². The molecular weight excluding hydrogens is 312 g/mol. The van der Waals surface area contributed by atoms with E-state index in [1.54, 1.807) is 0 Å². The van der Waals surface area contributed by atoms with Gasteiger partial charge in [-0.05, 0) is 50.8 Å². The summed E-state index contributed by atoms with van der Waals surface area (Å²) < 4.78 is 5.74. The van der Waals surface area contributed by atoms with Crippen molar-refractivity contribution in [2.45, 2.75) is 58.8 Å². The Bertz CT molecular complexity index is 494. The summed E-state index contributed by atoms with van der Waals surface area (Å²) in [6, 6.07) is 8.27. The third-order valence-corrected chi connectivity index (χ3v) is 4.40. The fourth-order valence-corrected chi connectivity index (χ4v) is 3.42. The van der Waals surface area contributed by atoms with Crippen LogP contribution in [0.4, 0.5) is 0 Å². The van der Waals surface area contributed by atoms with Crippen molar-refractivity contribution in [3.63, 3.8) is 0 Å². The van der Waals surface area contributed by atoms with E-state index in [1.807, 2.05) is 20.8 Å². The predicted octanol–water partition coefficient (Wildman–Crippen LogP) is 2.82. The van der Waals surface area contributed by atoms with Gasteiger partial charge in [0.15, 0.2) is 0 Å². The lowest BCUT2D eigenvalue weighted by Crippen LogP contribution is -2.46. The first-order valence-corrected chi connectivity index (χ1v) is 8.14. The fraction of sp³-hybridized carbons (Fsp3) is 0.611. The highest BCUT2D eigenvalue weighted by atomic mass is 35.5. The molecule has 130 valence electrons. The smallest absolute Gasteiger partial charge is 0.226 e. The summed E-state index contributed by atoms with van der Waals surface area (Å²) in [7, 11) is 0. The van der Waals surface area contributed by atoms with Crippen LogP contribution in [0.1, 0.15) is 44.7 Å². The molecular formula is C18H29ClN2O2. The monoisotopic (exact) mass is 340 g/mol. The molecule has 1 amide bonds. The summed E-state index contributed by atoms with van der Waals surface area (Å²) in [6.45, 7) is 7.35. The van der Waals surface area contributed by atoms with E-state index in [9.17, 15) is 4.79 Å². The highest BCUT2D eigenvalue weighted by Gasteiger charge is 2.40. The Kier molecular flexibility index (Phi) is 7.52. The number of amides is 1. The molecule has 0 bridgehead atoms. The van der Waals surface area contributed by atoms with Crippen molar-refractivity contribution in [2.75, 3.05) is 6.54 Å². The maximum Gasteiger partial charge on any atom is 0.226 e. The number of halogens is 1. The van der Waals surface area contributed by atoms with Gasteiger partial charge in [0.05, 0.1) is 17.6 Å². The van der Waals surface area contributed by atoms with Crippen LogP contribution in [0, 0.1) is 5.41 Å². The Morgan fingerprint density at radius 1 is 1.22 bits per heavy atom. The minimum Gasteiger partial charge on any atom is -0.375 e. The van der Waals surface area contributed by atoms with Gasteiger partial charge in [-0.2, -0.15) is 0 Å². The number of carbonyl (C=O) groups excluding carboxylic acids is 1. The largest absolute Gasteiger partial charge is 0.375 e. The van der Waals surface area contributed by atoms with Crippen LogP contribution in [0.2, 0.25) is 0 Å². The van der Waals surface area contributed by atoms with Crippen LogP contribution < -0.4 is 11.1 Å². The minimum atomic E-state index is -0.337. The molecule has 2 unspecified atom stereocenters. The Labute approximate surface area is 145 Å². The molecule has 3 N–H and O–H groups in total. The standard InChI is InChI=1S/C18H28N2O2.ClH/c1-13-10-18(3,11-14(2)22-13)17(21)20-12-16-6-4-15(5-7-16)8-9-19;/h4-7,13-14H,8-12,19H2,1-3H3,(H,20,21);1H. The summed E-state index contributed by atoms with van der Waals surface area (Å²) in [5.41, 5.74) is 7.56. The van der Waals surface area contributed by atoms with Crippen molar-refractivity contribution in [1.29, 1.82) is 0 Å². The second-order valence-corrected chi connectivity index (χ2v) is 6.76. The summed E-state index contributed by atoms with van der Waals surface area (Å²) in [5, 5.41) is 3.08. The fourth-order valence-electron chi connectivity index (χ4n) is 3.42. The number of ether oxygens (including phenoxy) is 1. The average molecular weight is 341 g/mol. The van der Waals surface area contributed by atoms with Gasteiger partial charge in [0.25, 0.3) is 0 Å². The first kappa shape index (κ1) is 19.9. The predicted molar refractivity (Wildman–Crippen MR) is 95.6 cm³/mol. The summed E-state index contributed by atoms with van der Waals surface area (Å²) in [6.07, 6.45) is 2.71. The van der Waals surface area contributed by atoms with Gasteiger partial charge >= 0.3 is 0 Å². The van der Waals surface area contributed by atoms with Crippen LogP contribution >= 0.6 is 12.4 Å². The summed E-state index contributed by atoms with van der Waals surface area (Å²) in [5.74, 6) is 0.125. The number of benzene rings is 1. The van der Waals surface area contributed by atoms with E-state index in [0.29, 0.717) is 13.1 Å². The molecule has 0 spiro atoms. The number of nitrogens with one attached hydrogen (secondary N) is 1. The van der Waals surface area contributed by atoms with E-state index in [-0.39, 0.29) is 35.9 Å². The van der Waals surface area contributed by atoms with Crippen LogP contribution in [0.5, 0.6) is 0 Å². The van der Waals surface area contributed by atoms with E-state index in [0.717, 1.165) is 24.8 Å². The van der Waals surface area contributed by atoms with Crippen molar-refractivity contribution < 1.29 is 9.53 Å². The highest BCUT2D eigenvalue weighted by molar-refractivity contribution is 5.85. The molecule has 23 heavy (non-hydrogen) atoms. The molecule has 1 aromatic rings. The number of nitrogens with two attached hydrogens (primary N) is 1. The molecule has 0 aromatic heterocycles. The quantitative estimate of drug-likeness (QED) is 0.866. The van der Waals surface area contributed by atoms with E-state index < -0.39 is 0 Å². The zero-order valence-corrected chi connectivity index (χ0v) is 15.1. The van der Waals surface area contributed by atoms with Gasteiger partial charge in [-0.25, -0.2) is 0 Å². The molecule has 2 atom stereocenters. The molecule has 1 aromatic carbocycles. The van der Waals surface area contributed by atoms with Crippen LogP contribution in [-0.2, 0) is 22.5 Å². The lowest BCUT2D eigenvalue weighted by Gasteiger charge is -2.39. The number of hydrogen-bond acceptors (Lipinski definition) is 3. The van der Waals surface area contributed by atoms with Gasteiger partial charge in [0.2, 0.25) is 5.91 Å². The molecule has 1 aliphatic heterocycles. The summed E-state index contributed by atoms with van der Waals surface area (Å²) >= 11 is 0. The lowest BCUT2D eigenvalue weighted by atomic mass is 9.77. The van der Waals surface area contributed by atoms with Crippen molar-refractivity contribution in [3.05, 3.63) is 35.4 Å². The Hall–Kier alpha value is -1.10. The van der Waals surface area contributed by atoms with E-state index >= 15 is 0 Å². The third kappa shape index (κ3) is 5.48. The van der Waals surface area contributed by atoms with Crippen LogP contribution in [0.25, 0.3) is 0 Å². The number of carbonyl (C=O) groups is 1. The molecule has 1 fully saturated rings. The van der Waals surface area contributed by atoms with Gasteiger partial charge in [-0.15, -0.1) is 12.4 Å². The van der Waals surface area contributed by atoms with Crippen molar-refractivity contribution in [3.8, 4) is 0 Å². The normalized spacial score (nSPS) is 27.1. The van der Waals surface area contributed by atoms with Crippen molar-refractivity contribution >= 4 is 18.3 Å². The molecule has 5 heteroatoms. The maximum absolute atomic E-state index is 12.6. The number of hydrogen-bond donors (Lipinski definition) is 2. The van der Waals surface area contributed by atoms with Gasteiger partial charge in [0.1, 0.15) is 0 Å². The number of rotatable bonds is 5. The molecule has 1 saturated heterocycles. The Morgan fingerprint density at radius 3 is 2.26 bits per heavy atom. The summed E-state index contributed by atoms with van der Waals surface area (Å²) in [4.78, 5) is 12.6. The van der Waals surface area contributed by atoms with Crippen LogP contribution in [0.15, 0.2) is 24.3 Å². The molecule has 1 aliphatic rings. The molecule has 1 heterocycles. The Balaban J connectivity index is 0.00000264. The van der Waals surface area contributed by atoms with E-state index in [2.05, 4.69) is 29.6 Å². The van der Waals surface area contributed by atoms with Crippen molar-refractivity contribution in [1.82, 2.24) is 5.32 Å². The molecule has 0 saturated carbocycles. The molecule has 4 nitrogen and oxygen atoms in total. The highest BCUT2D eigenvalue weighted by Crippen LogP contribution is 2.36. The minimum absolute atomic E-state index is 0. The first-order valence-electron chi connectivity index (χ1n) is 8.14. The SMILES string of the molecule is CC1CC(C)(C(=O)NCc2ccc(CCN)cc2)CC(C)O1.Cl. The molecule has 0 aliphatic carbocycles. The maximum atomic E-state index is 12.6. The second-order valence-electron chi connectivity index (χ2n) is 6.76. The first-order chi connectivity index (χ1) is 10.4. The average Bonchev–Trinajstić information content (AvgIpc) is 2.45. The van der Waals surface area contributed by atoms with Crippen molar-refractivity contribution in [2.24, 2.45) is 11.1 Å². The van der Waals surface area contributed by atoms with E-state index in [1.165, 1.54) is 5.56 Å². The zero-order chi connectivity index (χ0) is 16.2. The van der Waals surface area contributed by atoms with Crippen LogP contribution in [0.3, 0.4) is 0 Å².